The minimum absolute atomic E-state index is 0.746. The fourth-order valence-electron chi connectivity index (χ4n) is 4.52. The summed E-state index contributed by atoms with van der Waals surface area (Å²) in [6, 6.07) is 0. The van der Waals surface area contributed by atoms with Crippen LogP contribution in [-0.4, -0.2) is 38.1 Å². The number of hydrogen-bond acceptors (Lipinski definition) is 2. The highest BCUT2D eigenvalue weighted by atomic mass is 15.1. The van der Waals surface area contributed by atoms with Crippen molar-refractivity contribution < 1.29 is 0 Å². The van der Waals surface area contributed by atoms with Gasteiger partial charge in [-0.2, -0.15) is 0 Å². The average molecular weight is 208 g/mol. The van der Waals surface area contributed by atoms with Gasteiger partial charge in [0.1, 0.15) is 0 Å². The number of hydrogen-bond donors (Lipinski definition) is 1. The molecule has 86 valence electrons. The number of rotatable bonds is 0. The lowest BCUT2D eigenvalue weighted by Crippen LogP contribution is -2.62. The Morgan fingerprint density at radius 2 is 1.60 bits per heavy atom. The van der Waals surface area contributed by atoms with Gasteiger partial charge in [-0.1, -0.05) is 19.3 Å². The third-order valence-electron chi connectivity index (χ3n) is 5.26. The Morgan fingerprint density at radius 3 is 2.20 bits per heavy atom. The molecule has 3 rings (SSSR count). The van der Waals surface area contributed by atoms with E-state index in [-0.39, 0.29) is 0 Å². The van der Waals surface area contributed by atoms with Crippen molar-refractivity contribution in [3.63, 3.8) is 0 Å². The molecule has 2 heterocycles. The zero-order chi connectivity index (χ0) is 10.3. The highest BCUT2D eigenvalue weighted by Gasteiger charge is 2.50. The van der Waals surface area contributed by atoms with Gasteiger partial charge in [0, 0.05) is 13.1 Å². The van der Waals surface area contributed by atoms with Crippen LogP contribution in [0.1, 0.15) is 32.1 Å². The summed E-state index contributed by atoms with van der Waals surface area (Å²) in [5.41, 5.74) is 0.746. The van der Waals surface area contributed by atoms with Crippen molar-refractivity contribution in [3.05, 3.63) is 0 Å². The lowest BCUT2D eigenvalue weighted by molar-refractivity contribution is -0.0655. The summed E-state index contributed by atoms with van der Waals surface area (Å²) in [5.74, 6) is 1.88. The van der Waals surface area contributed by atoms with Gasteiger partial charge in [0.25, 0.3) is 0 Å². The van der Waals surface area contributed by atoms with E-state index in [1.54, 1.807) is 0 Å². The fraction of sp³-hybridized carbons (Fsp3) is 1.00. The van der Waals surface area contributed by atoms with Crippen molar-refractivity contribution in [2.75, 3.05) is 33.2 Å². The SMILES string of the molecule is CN1CC2CNCC(C1)C21CCCCC1. The molecule has 0 amide bonds. The van der Waals surface area contributed by atoms with E-state index in [2.05, 4.69) is 17.3 Å². The fourth-order valence-corrected chi connectivity index (χ4v) is 4.52. The van der Waals surface area contributed by atoms with Crippen molar-refractivity contribution in [1.29, 1.82) is 0 Å². The van der Waals surface area contributed by atoms with Gasteiger partial charge in [0.2, 0.25) is 0 Å². The molecule has 0 radical (unpaired) electrons. The zero-order valence-electron chi connectivity index (χ0n) is 9.97. The highest BCUT2D eigenvalue weighted by Crippen LogP contribution is 2.52. The van der Waals surface area contributed by atoms with Gasteiger partial charge in [-0.15, -0.1) is 0 Å². The van der Waals surface area contributed by atoms with Gasteiger partial charge < -0.3 is 10.2 Å². The standard InChI is InChI=1S/C13H24N2/c1-15-9-11-7-14-8-12(10-15)13(11)5-3-2-4-6-13/h11-12,14H,2-10H2,1H3. The molecule has 1 aliphatic carbocycles. The Morgan fingerprint density at radius 1 is 1.00 bits per heavy atom. The van der Waals surface area contributed by atoms with E-state index in [4.69, 9.17) is 0 Å². The van der Waals surface area contributed by atoms with Crippen LogP contribution in [0.2, 0.25) is 0 Å². The molecule has 1 N–H and O–H groups in total. The van der Waals surface area contributed by atoms with Gasteiger partial charge >= 0.3 is 0 Å². The van der Waals surface area contributed by atoms with E-state index in [0.717, 1.165) is 17.3 Å². The van der Waals surface area contributed by atoms with Crippen LogP contribution in [0.3, 0.4) is 0 Å². The van der Waals surface area contributed by atoms with Crippen LogP contribution in [0.25, 0.3) is 0 Å². The number of nitrogens with one attached hydrogen (secondary N) is 1. The Bertz CT molecular complexity index is 217. The van der Waals surface area contributed by atoms with Crippen LogP contribution in [0.4, 0.5) is 0 Å². The van der Waals surface area contributed by atoms with E-state index in [1.165, 1.54) is 58.3 Å². The van der Waals surface area contributed by atoms with Gasteiger partial charge in [0.05, 0.1) is 0 Å². The van der Waals surface area contributed by atoms with Gasteiger partial charge in [-0.05, 0) is 50.2 Å². The summed E-state index contributed by atoms with van der Waals surface area (Å²) >= 11 is 0. The number of piperidine rings is 2. The third kappa shape index (κ3) is 1.53. The van der Waals surface area contributed by atoms with E-state index in [0.29, 0.717) is 0 Å². The first kappa shape index (κ1) is 10.1. The Labute approximate surface area is 93.4 Å². The molecule has 2 heteroatoms. The molecule has 3 fully saturated rings. The second kappa shape index (κ2) is 3.74. The summed E-state index contributed by atoms with van der Waals surface area (Å²) in [6.45, 7) is 5.23. The van der Waals surface area contributed by atoms with Gasteiger partial charge in [-0.25, -0.2) is 0 Å². The molecule has 1 spiro atoms. The largest absolute Gasteiger partial charge is 0.316 e. The van der Waals surface area contributed by atoms with Crippen molar-refractivity contribution in [3.8, 4) is 0 Å². The molecule has 15 heavy (non-hydrogen) atoms. The summed E-state index contributed by atoms with van der Waals surface area (Å²) < 4.78 is 0. The predicted octanol–water partition coefficient (Wildman–Crippen LogP) is 1.72. The topological polar surface area (TPSA) is 15.3 Å². The second-order valence-corrected chi connectivity index (χ2v) is 6.07. The molecule has 1 saturated carbocycles. The monoisotopic (exact) mass is 208 g/mol. The lowest BCUT2D eigenvalue weighted by Gasteiger charge is -2.57. The van der Waals surface area contributed by atoms with Crippen molar-refractivity contribution in [1.82, 2.24) is 10.2 Å². The maximum absolute atomic E-state index is 3.65. The molecule has 3 aliphatic rings. The van der Waals surface area contributed by atoms with E-state index in [1.807, 2.05) is 0 Å². The summed E-state index contributed by atoms with van der Waals surface area (Å²) in [6.07, 6.45) is 7.54. The normalized spacial score (nSPS) is 40.6. The van der Waals surface area contributed by atoms with E-state index >= 15 is 0 Å². The maximum atomic E-state index is 3.65. The first-order valence-corrected chi connectivity index (χ1v) is 6.70. The summed E-state index contributed by atoms with van der Waals surface area (Å²) in [5, 5.41) is 3.65. The Kier molecular flexibility index (Phi) is 2.52. The average Bonchev–Trinajstić information content (AvgIpc) is 2.22. The van der Waals surface area contributed by atoms with Crippen molar-refractivity contribution in [2.45, 2.75) is 32.1 Å². The van der Waals surface area contributed by atoms with Gasteiger partial charge in [-0.3, -0.25) is 0 Å². The van der Waals surface area contributed by atoms with Crippen molar-refractivity contribution >= 4 is 0 Å². The molecular formula is C13H24N2. The van der Waals surface area contributed by atoms with Crippen LogP contribution in [-0.2, 0) is 0 Å². The van der Waals surface area contributed by atoms with E-state index in [9.17, 15) is 0 Å². The molecular weight excluding hydrogens is 184 g/mol. The van der Waals surface area contributed by atoms with Gasteiger partial charge in [0.15, 0.2) is 0 Å². The van der Waals surface area contributed by atoms with Crippen LogP contribution in [0.5, 0.6) is 0 Å². The molecule has 2 saturated heterocycles. The van der Waals surface area contributed by atoms with Crippen LogP contribution >= 0.6 is 0 Å². The maximum Gasteiger partial charge on any atom is 0.00243 e. The molecule has 2 bridgehead atoms. The van der Waals surface area contributed by atoms with Crippen LogP contribution in [0, 0.1) is 17.3 Å². The molecule has 0 aromatic rings. The minimum Gasteiger partial charge on any atom is -0.316 e. The first-order chi connectivity index (χ1) is 7.31. The third-order valence-corrected chi connectivity index (χ3v) is 5.26. The lowest BCUT2D eigenvalue weighted by atomic mass is 9.55. The Balaban J connectivity index is 1.86. The minimum atomic E-state index is 0.746. The predicted molar refractivity (Wildman–Crippen MR) is 62.9 cm³/mol. The molecule has 0 aromatic carbocycles. The molecule has 2 nitrogen and oxygen atoms in total. The number of nitrogens with zero attached hydrogens (tertiary/aromatic N) is 1. The number of likely N-dealkylation sites (tertiary alicyclic amines) is 1. The molecule has 2 aliphatic heterocycles. The highest BCUT2D eigenvalue weighted by molar-refractivity contribution is 5.03. The molecule has 2 atom stereocenters. The quantitative estimate of drug-likeness (QED) is 0.652. The Hall–Kier alpha value is -0.0800. The van der Waals surface area contributed by atoms with Crippen LogP contribution < -0.4 is 5.32 Å². The second-order valence-electron chi connectivity index (χ2n) is 6.07. The molecule has 2 unspecified atom stereocenters. The smallest absolute Gasteiger partial charge is 0.00243 e. The van der Waals surface area contributed by atoms with Crippen molar-refractivity contribution in [2.24, 2.45) is 17.3 Å². The summed E-state index contributed by atoms with van der Waals surface area (Å²) in [7, 11) is 2.31. The van der Waals surface area contributed by atoms with Crippen LogP contribution in [0.15, 0.2) is 0 Å². The van der Waals surface area contributed by atoms with E-state index < -0.39 is 0 Å². The zero-order valence-corrected chi connectivity index (χ0v) is 9.97. The summed E-state index contributed by atoms with van der Waals surface area (Å²) in [4.78, 5) is 2.57. The first-order valence-electron chi connectivity index (χ1n) is 6.70. The molecule has 0 aromatic heterocycles.